The maximum absolute atomic E-state index is 8.95. The first kappa shape index (κ1) is 13.6. The number of ether oxygens (including phenoxy) is 1. The summed E-state index contributed by atoms with van der Waals surface area (Å²) in [6, 6.07) is 7.85. The Hall–Kier alpha value is -1.81. The van der Waals surface area contributed by atoms with Gasteiger partial charge in [0.1, 0.15) is 5.75 Å². The van der Waals surface area contributed by atoms with E-state index < -0.39 is 0 Å². The fourth-order valence-electron chi connectivity index (χ4n) is 2.27. The number of aromatic nitrogens is 2. The number of aliphatic hydroxyl groups is 1. The van der Waals surface area contributed by atoms with E-state index in [9.17, 15) is 0 Å². The molecule has 4 nitrogen and oxygen atoms in total. The largest absolute Gasteiger partial charge is 0.497 e. The molecule has 0 spiro atoms. The van der Waals surface area contributed by atoms with Crippen LogP contribution in [-0.4, -0.2) is 28.6 Å². The van der Waals surface area contributed by atoms with E-state index in [1.807, 2.05) is 35.9 Å². The molecule has 0 amide bonds. The SMILES string of the molecule is COc1ccc(-n2nc(C)c(CCCO)c2C)cc1. The third kappa shape index (κ3) is 2.79. The Morgan fingerprint density at radius 3 is 2.47 bits per heavy atom. The normalized spacial score (nSPS) is 10.7. The second kappa shape index (κ2) is 5.89. The van der Waals surface area contributed by atoms with Crippen LogP contribution in [0.3, 0.4) is 0 Å². The maximum Gasteiger partial charge on any atom is 0.119 e. The smallest absolute Gasteiger partial charge is 0.119 e. The number of aryl methyl sites for hydroxylation is 1. The standard InChI is InChI=1S/C15H20N2O2/c1-11-15(5-4-10-18)12(2)17(16-11)13-6-8-14(19-3)9-7-13/h6-9,18H,4-5,10H2,1-3H3. The van der Waals surface area contributed by atoms with E-state index in [1.165, 1.54) is 5.56 Å². The Kier molecular flexibility index (Phi) is 4.22. The molecule has 0 radical (unpaired) electrons. The van der Waals surface area contributed by atoms with Crippen LogP contribution in [0, 0.1) is 13.8 Å². The van der Waals surface area contributed by atoms with Crippen LogP contribution in [0.4, 0.5) is 0 Å². The van der Waals surface area contributed by atoms with E-state index in [0.717, 1.165) is 35.7 Å². The predicted molar refractivity (Wildman–Crippen MR) is 75.0 cm³/mol. The summed E-state index contributed by atoms with van der Waals surface area (Å²) in [5.74, 6) is 0.839. The molecule has 2 rings (SSSR count). The molecule has 1 aromatic heterocycles. The first-order chi connectivity index (χ1) is 9.17. The molecule has 1 aromatic carbocycles. The third-order valence-electron chi connectivity index (χ3n) is 3.34. The fraction of sp³-hybridized carbons (Fsp3) is 0.400. The maximum atomic E-state index is 8.95. The van der Waals surface area contributed by atoms with Crippen LogP contribution in [0.25, 0.3) is 5.69 Å². The Morgan fingerprint density at radius 2 is 1.89 bits per heavy atom. The molecule has 0 saturated heterocycles. The quantitative estimate of drug-likeness (QED) is 0.898. The molecule has 102 valence electrons. The molecule has 2 aromatic rings. The molecular weight excluding hydrogens is 240 g/mol. The van der Waals surface area contributed by atoms with Crippen LogP contribution in [-0.2, 0) is 6.42 Å². The van der Waals surface area contributed by atoms with Gasteiger partial charge in [-0.15, -0.1) is 0 Å². The average Bonchev–Trinajstić information content (AvgIpc) is 2.72. The van der Waals surface area contributed by atoms with Crippen molar-refractivity contribution in [3.05, 3.63) is 41.2 Å². The van der Waals surface area contributed by atoms with Gasteiger partial charge in [0.05, 0.1) is 18.5 Å². The van der Waals surface area contributed by atoms with Gasteiger partial charge in [-0.2, -0.15) is 5.10 Å². The van der Waals surface area contributed by atoms with E-state index in [4.69, 9.17) is 9.84 Å². The van der Waals surface area contributed by atoms with Crippen molar-refractivity contribution in [3.8, 4) is 11.4 Å². The highest BCUT2D eigenvalue weighted by Crippen LogP contribution is 2.21. The molecule has 0 unspecified atom stereocenters. The first-order valence-corrected chi connectivity index (χ1v) is 6.47. The fourth-order valence-corrected chi connectivity index (χ4v) is 2.27. The van der Waals surface area contributed by atoms with Gasteiger partial charge in [-0.05, 0) is 56.5 Å². The molecule has 1 N–H and O–H groups in total. The van der Waals surface area contributed by atoms with E-state index >= 15 is 0 Å². The Balaban J connectivity index is 2.33. The molecule has 19 heavy (non-hydrogen) atoms. The number of hydrogen-bond donors (Lipinski definition) is 1. The van der Waals surface area contributed by atoms with Crippen molar-refractivity contribution in [2.24, 2.45) is 0 Å². The van der Waals surface area contributed by atoms with Gasteiger partial charge in [-0.25, -0.2) is 4.68 Å². The molecule has 0 aliphatic heterocycles. The lowest BCUT2D eigenvalue weighted by molar-refractivity contribution is 0.288. The highest BCUT2D eigenvalue weighted by Gasteiger charge is 2.12. The van der Waals surface area contributed by atoms with Gasteiger partial charge < -0.3 is 9.84 Å². The third-order valence-corrected chi connectivity index (χ3v) is 3.34. The summed E-state index contributed by atoms with van der Waals surface area (Å²) in [5, 5.41) is 13.5. The zero-order valence-electron chi connectivity index (χ0n) is 11.7. The Bertz CT molecular complexity index is 544. The van der Waals surface area contributed by atoms with Crippen LogP contribution in [0.5, 0.6) is 5.75 Å². The van der Waals surface area contributed by atoms with Crippen LogP contribution in [0.15, 0.2) is 24.3 Å². The van der Waals surface area contributed by atoms with E-state index in [1.54, 1.807) is 7.11 Å². The van der Waals surface area contributed by atoms with Gasteiger partial charge in [0.25, 0.3) is 0 Å². The second-order valence-electron chi connectivity index (χ2n) is 4.59. The second-order valence-corrected chi connectivity index (χ2v) is 4.59. The van der Waals surface area contributed by atoms with E-state index in [0.29, 0.717) is 0 Å². The molecular formula is C15H20N2O2. The minimum absolute atomic E-state index is 0.215. The Labute approximate surface area is 113 Å². The highest BCUT2D eigenvalue weighted by molar-refractivity contribution is 5.40. The van der Waals surface area contributed by atoms with E-state index in [2.05, 4.69) is 12.0 Å². The zero-order valence-corrected chi connectivity index (χ0v) is 11.7. The average molecular weight is 260 g/mol. The van der Waals surface area contributed by atoms with Crippen LogP contribution in [0.1, 0.15) is 23.4 Å². The van der Waals surface area contributed by atoms with Gasteiger partial charge in [0.15, 0.2) is 0 Å². The van der Waals surface area contributed by atoms with Gasteiger partial charge in [-0.1, -0.05) is 0 Å². The number of hydrogen-bond acceptors (Lipinski definition) is 3. The molecule has 1 heterocycles. The van der Waals surface area contributed by atoms with Crippen LogP contribution < -0.4 is 4.74 Å². The minimum Gasteiger partial charge on any atom is -0.497 e. The minimum atomic E-state index is 0.215. The van der Waals surface area contributed by atoms with Crippen molar-refractivity contribution in [1.29, 1.82) is 0 Å². The molecule has 0 fully saturated rings. The number of aliphatic hydroxyl groups excluding tert-OH is 1. The molecule has 0 bridgehead atoms. The lowest BCUT2D eigenvalue weighted by Gasteiger charge is -2.06. The summed E-state index contributed by atoms with van der Waals surface area (Å²) in [6.07, 6.45) is 1.64. The summed E-state index contributed by atoms with van der Waals surface area (Å²) in [5.41, 5.74) is 4.42. The molecule has 0 aliphatic rings. The first-order valence-electron chi connectivity index (χ1n) is 6.47. The van der Waals surface area contributed by atoms with Crippen LogP contribution in [0.2, 0.25) is 0 Å². The summed E-state index contributed by atoms with van der Waals surface area (Å²) < 4.78 is 7.11. The molecule has 0 atom stereocenters. The summed E-state index contributed by atoms with van der Waals surface area (Å²) in [4.78, 5) is 0. The van der Waals surface area contributed by atoms with Gasteiger partial charge in [0.2, 0.25) is 0 Å². The molecule has 4 heteroatoms. The lowest BCUT2D eigenvalue weighted by atomic mass is 10.1. The monoisotopic (exact) mass is 260 g/mol. The number of methoxy groups -OCH3 is 1. The topological polar surface area (TPSA) is 47.3 Å². The summed E-state index contributed by atoms with van der Waals surface area (Å²) in [6.45, 7) is 4.29. The van der Waals surface area contributed by atoms with Gasteiger partial charge in [-0.3, -0.25) is 0 Å². The van der Waals surface area contributed by atoms with Crippen molar-refractivity contribution in [2.75, 3.05) is 13.7 Å². The lowest BCUT2D eigenvalue weighted by Crippen LogP contribution is -2.00. The Morgan fingerprint density at radius 1 is 1.21 bits per heavy atom. The van der Waals surface area contributed by atoms with Crippen molar-refractivity contribution in [1.82, 2.24) is 9.78 Å². The predicted octanol–water partition coefficient (Wildman–Crippen LogP) is 2.42. The van der Waals surface area contributed by atoms with Crippen molar-refractivity contribution in [3.63, 3.8) is 0 Å². The van der Waals surface area contributed by atoms with E-state index in [-0.39, 0.29) is 6.61 Å². The van der Waals surface area contributed by atoms with Crippen molar-refractivity contribution >= 4 is 0 Å². The summed E-state index contributed by atoms with van der Waals surface area (Å²) >= 11 is 0. The number of rotatable bonds is 5. The van der Waals surface area contributed by atoms with Crippen LogP contribution >= 0.6 is 0 Å². The highest BCUT2D eigenvalue weighted by atomic mass is 16.5. The molecule has 0 saturated carbocycles. The molecule has 0 aliphatic carbocycles. The van der Waals surface area contributed by atoms with Crippen molar-refractivity contribution < 1.29 is 9.84 Å². The van der Waals surface area contributed by atoms with Crippen molar-refractivity contribution in [2.45, 2.75) is 26.7 Å². The zero-order chi connectivity index (χ0) is 13.8. The number of benzene rings is 1. The number of nitrogens with zero attached hydrogens (tertiary/aromatic N) is 2. The van der Waals surface area contributed by atoms with Gasteiger partial charge >= 0.3 is 0 Å². The summed E-state index contributed by atoms with van der Waals surface area (Å²) in [7, 11) is 1.66. The van der Waals surface area contributed by atoms with Gasteiger partial charge in [0, 0.05) is 12.3 Å².